The average Bonchev–Trinajstić information content (AvgIpc) is 2.82. The van der Waals surface area contributed by atoms with Gasteiger partial charge in [-0.3, -0.25) is 20.9 Å². The maximum Gasteiger partial charge on any atom is 0.251 e. The first-order chi connectivity index (χ1) is 15.4. The zero-order chi connectivity index (χ0) is 23.1. The van der Waals surface area contributed by atoms with E-state index in [9.17, 15) is 13.6 Å². The van der Waals surface area contributed by atoms with E-state index in [2.05, 4.69) is 5.32 Å². The molecule has 2 aromatic carbocycles. The number of amides is 1. The van der Waals surface area contributed by atoms with Crippen molar-refractivity contribution in [1.29, 1.82) is 5.41 Å². The molecular formula is C23H27F2N3O4. The van der Waals surface area contributed by atoms with Crippen molar-refractivity contribution in [2.45, 2.75) is 32.3 Å². The van der Waals surface area contributed by atoms with E-state index in [0.717, 1.165) is 37.8 Å². The van der Waals surface area contributed by atoms with Crippen molar-refractivity contribution in [2.24, 2.45) is 11.8 Å². The number of carbonyl (C=O) groups is 1. The number of nitrogens with one attached hydrogen (secondary N) is 3. The SMILES string of the molecule is COc1ccc(COc2c(F)cc(C(=O)NC[C@H]3CC[C@H](C(=N)NO)CC3)cc2F)cc1. The van der Waals surface area contributed by atoms with Gasteiger partial charge >= 0.3 is 0 Å². The first kappa shape index (κ1) is 23.5. The van der Waals surface area contributed by atoms with Crippen molar-refractivity contribution in [2.75, 3.05) is 13.7 Å². The molecule has 0 heterocycles. The number of carbonyl (C=O) groups excluding carboxylic acids is 1. The van der Waals surface area contributed by atoms with Gasteiger partial charge in [-0.1, -0.05) is 12.1 Å². The van der Waals surface area contributed by atoms with E-state index in [-0.39, 0.29) is 29.8 Å². The van der Waals surface area contributed by atoms with Crippen LogP contribution >= 0.6 is 0 Å². The molecule has 1 aliphatic carbocycles. The molecule has 7 nitrogen and oxygen atoms in total. The second-order valence-corrected chi connectivity index (χ2v) is 7.86. The third kappa shape index (κ3) is 5.94. The lowest BCUT2D eigenvalue weighted by atomic mass is 9.81. The van der Waals surface area contributed by atoms with E-state index in [1.54, 1.807) is 31.4 Å². The predicted octanol–water partition coefficient (Wildman–Crippen LogP) is 4.04. The number of ether oxygens (including phenoxy) is 2. The molecule has 0 saturated heterocycles. The number of benzene rings is 2. The van der Waals surface area contributed by atoms with Crippen molar-refractivity contribution >= 4 is 11.7 Å². The Balaban J connectivity index is 1.53. The minimum absolute atomic E-state index is 0.0133. The van der Waals surface area contributed by atoms with E-state index < -0.39 is 23.3 Å². The lowest BCUT2D eigenvalue weighted by Gasteiger charge is -2.28. The second-order valence-electron chi connectivity index (χ2n) is 7.86. The Bertz CT molecular complexity index is 922. The third-order valence-corrected chi connectivity index (χ3v) is 5.73. The Labute approximate surface area is 185 Å². The van der Waals surface area contributed by atoms with Gasteiger partial charge in [0, 0.05) is 18.0 Å². The van der Waals surface area contributed by atoms with Crippen molar-refractivity contribution < 1.29 is 28.3 Å². The lowest BCUT2D eigenvalue weighted by Crippen LogP contribution is -2.34. The molecule has 2 aromatic rings. The number of amidine groups is 1. The van der Waals surface area contributed by atoms with Gasteiger partial charge in [-0.05, 0) is 61.4 Å². The van der Waals surface area contributed by atoms with Crippen molar-refractivity contribution in [3.63, 3.8) is 0 Å². The van der Waals surface area contributed by atoms with Crippen LogP contribution in [0.1, 0.15) is 41.6 Å². The summed E-state index contributed by atoms with van der Waals surface area (Å²) in [5.74, 6) is -2.02. The fourth-order valence-corrected chi connectivity index (χ4v) is 3.79. The van der Waals surface area contributed by atoms with Crippen LogP contribution in [0.3, 0.4) is 0 Å². The summed E-state index contributed by atoms with van der Waals surface area (Å²) in [5.41, 5.74) is 2.49. The zero-order valence-electron chi connectivity index (χ0n) is 17.8. The molecule has 32 heavy (non-hydrogen) atoms. The van der Waals surface area contributed by atoms with Gasteiger partial charge in [-0.25, -0.2) is 8.78 Å². The van der Waals surface area contributed by atoms with Gasteiger partial charge < -0.3 is 14.8 Å². The van der Waals surface area contributed by atoms with E-state index in [1.165, 1.54) is 0 Å². The van der Waals surface area contributed by atoms with Crippen molar-refractivity contribution in [3.05, 3.63) is 59.2 Å². The lowest BCUT2D eigenvalue weighted by molar-refractivity contribution is 0.0941. The highest BCUT2D eigenvalue weighted by atomic mass is 19.1. The Kier molecular flexibility index (Phi) is 7.99. The summed E-state index contributed by atoms with van der Waals surface area (Å²) in [5, 5.41) is 19.2. The maximum atomic E-state index is 14.4. The molecule has 1 saturated carbocycles. The fraction of sp³-hybridized carbons (Fsp3) is 0.391. The molecule has 3 rings (SSSR count). The Hall–Kier alpha value is -3.20. The van der Waals surface area contributed by atoms with Gasteiger partial charge in [0.2, 0.25) is 0 Å². The standard InChI is InChI=1S/C23H27F2N3O4/c1-31-18-8-4-15(5-9-18)13-32-21-19(24)10-17(11-20(21)25)23(29)27-12-14-2-6-16(7-3-14)22(26)28-30/h4-5,8-11,14,16,30H,2-3,6-7,12-13H2,1H3,(H2,26,28)(H,27,29)/t14-,16-. The third-order valence-electron chi connectivity index (χ3n) is 5.73. The number of hydrogen-bond donors (Lipinski definition) is 4. The molecule has 1 aliphatic rings. The molecule has 0 radical (unpaired) electrons. The number of halogens is 2. The molecule has 0 unspecified atom stereocenters. The molecule has 0 aliphatic heterocycles. The smallest absolute Gasteiger partial charge is 0.251 e. The van der Waals surface area contributed by atoms with Crippen LogP contribution in [-0.4, -0.2) is 30.6 Å². The average molecular weight is 447 g/mol. The van der Waals surface area contributed by atoms with E-state index in [4.69, 9.17) is 20.1 Å². The molecule has 1 fully saturated rings. The second kappa shape index (κ2) is 10.9. The molecule has 0 atom stereocenters. The van der Waals surface area contributed by atoms with Gasteiger partial charge in [-0.15, -0.1) is 0 Å². The number of hydroxylamine groups is 1. The quantitative estimate of drug-likeness (QED) is 0.278. The van der Waals surface area contributed by atoms with Crippen LogP contribution in [0.2, 0.25) is 0 Å². The minimum Gasteiger partial charge on any atom is -0.497 e. The van der Waals surface area contributed by atoms with Gasteiger partial charge in [0.25, 0.3) is 5.91 Å². The predicted molar refractivity (Wildman–Crippen MR) is 114 cm³/mol. The molecule has 0 spiro atoms. The summed E-state index contributed by atoms with van der Waals surface area (Å²) < 4.78 is 39.2. The Morgan fingerprint density at radius 3 is 2.31 bits per heavy atom. The van der Waals surface area contributed by atoms with Crippen LogP contribution in [0.4, 0.5) is 8.78 Å². The molecule has 172 valence electrons. The van der Waals surface area contributed by atoms with Gasteiger partial charge in [0.15, 0.2) is 17.4 Å². The summed E-state index contributed by atoms with van der Waals surface area (Å²) in [6.45, 7) is 0.347. The normalized spacial score (nSPS) is 18.0. The van der Waals surface area contributed by atoms with Gasteiger partial charge in [0.1, 0.15) is 18.2 Å². The van der Waals surface area contributed by atoms with Gasteiger partial charge in [-0.2, -0.15) is 0 Å². The molecule has 9 heteroatoms. The highest BCUT2D eigenvalue weighted by molar-refractivity contribution is 5.94. The highest BCUT2D eigenvalue weighted by Gasteiger charge is 2.25. The number of hydrogen-bond acceptors (Lipinski definition) is 5. The van der Waals surface area contributed by atoms with Crippen LogP contribution in [0.5, 0.6) is 11.5 Å². The Morgan fingerprint density at radius 2 is 1.75 bits per heavy atom. The van der Waals surface area contributed by atoms with E-state index in [0.29, 0.717) is 17.9 Å². The molecule has 1 amide bonds. The summed E-state index contributed by atoms with van der Waals surface area (Å²) in [6.07, 6.45) is 3.04. The first-order valence-electron chi connectivity index (χ1n) is 10.4. The van der Waals surface area contributed by atoms with Crippen LogP contribution < -0.4 is 20.3 Å². The summed E-state index contributed by atoms with van der Waals surface area (Å²) in [6, 6.07) is 8.83. The maximum absolute atomic E-state index is 14.4. The molecular weight excluding hydrogens is 420 g/mol. The van der Waals surface area contributed by atoms with Crippen LogP contribution in [0.25, 0.3) is 0 Å². The fourth-order valence-electron chi connectivity index (χ4n) is 3.79. The Morgan fingerprint density at radius 1 is 1.12 bits per heavy atom. The summed E-state index contributed by atoms with van der Waals surface area (Å²) in [7, 11) is 1.54. The topological polar surface area (TPSA) is 104 Å². The first-order valence-corrected chi connectivity index (χ1v) is 10.4. The van der Waals surface area contributed by atoms with Crippen molar-refractivity contribution in [3.8, 4) is 11.5 Å². The summed E-state index contributed by atoms with van der Waals surface area (Å²) >= 11 is 0. The number of methoxy groups -OCH3 is 1. The molecule has 0 bridgehead atoms. The van der Waals surface area contributed by atoms with E-state index >= 15 is 0 Å². The molecule has 4 N–H and O–H groups in total. The van der Waals surface area contributed by atoms with Crippen LogP contribution in [0.15, 0.2) is 36.4 Å². The molecule has 0 aromatic heterocycles. The number of rotatable bonds is 8. The minimum atomic E-state index is -0.945. The van der Waals surface area contributed by atoms with Crippen LogP contribution in [-0.2, 0) is 6.61 Å². The zero-order valence-corrected chi connectivity index (χ0v) is 17.8. The van der Waals surface area contributed by atoms with Crippen molar-refractivity contribution in [1.82, 2.24) is 10.8 Å². The monoisotopic (exact) mass is 447 g/mol. The largest absolute Gasteiger partial charge is 0.497 e. The van der Waals surface area contributed by atoms with E-state index in [1.807, 2.05) is 5.48 Å². The van der Waals surface area contributed by atoms with Crippen LogP contribution in [0, 0.1) is 28.9 Å². The van der Waals surface area contributed by atoms with Gasteiger partial charge in [0.05, 0.1) is 7.11 Å². The highest BCUT2D eigenvalue weighted by Crippen LogP contribution is 2.29. The summed E-state index contributed by atoms with van der Waals surface area (Å²) in [4.78, 5) is 12.4.